The Kier molecular flexibility index (Phi) is 6.25. The van der Waals surface area contributed by atoms with E-state index in [4.69, 9.17) is 0 Å². The highest BCUT2D eigenvalue weighted by molar-refractivity contribution is 6.31. The number of aromatic nitrogens is 1. The second kappa shape index (κ2) is 11.1. The zero-order valence-corrected chi connectivity index (χ0v) is 26.8. The summed E-state index contributed by atoms with van der Waals surface area (Å²) in [5.41, 5.74) is 12.1. The van der Waals surface area contributed by atoms with E-state index in [0.29, 0.717) is 0 Å². The van der Waals surface area contributed by atoms with Crippen LogP contribution in [0, 0.1) is 0 Å². The molecule has 0 saturated carbocycles. The fraction of sp³-hybridized carbons (Fsp3) is 0. The topological polar surface area (TPSA) is 15.8 Å². The summed E-state index contributed by atoms with van der Waals surface area (Å²) in [7, 11) is 0. The van der Waals surface area contributed by atoms with Crippen LogP contribution in [0.4, 0.5) is 0 Å². The summed E-state index contributed by atoms with van der Waals surface area (Å²) in [4.78, 5) is 3.82. The molecule has 0 radical (unpaired) electrons. The third kappa shape index (κ3) is 4.26. The Bertz CT molecular complexity index is 2820. The van der Waals surface area contributed by atoms with Crippen molar-refractivity contribution in [1.29, 1.82) is 0 Å². The molecule has 49 heavy (non-hydrogen) atoms. The second-order valence-corrected chi connectivity index (χ2v) is 12.9. The first-order valence-electron chi connectivity index (χ1n) is 17.0. The van der Waals surface area contributed by atoms with Gasteiger partial charge in [-0.3, -0.25) is 0 Å². The van der Waals surface area contributed by atoms with Crippen LogP contribution in [0.3, 0.4) is 0 Å². The number of aromatic amines is 1. The smallest absolute Gasteiger partial charge is 0.0544 e. The Hall–Kier alpha value is -6.44. The van der Waals surface area contributed by atoms with Gasteiger partial charge >= 0.3 is 0 Å². The molecule has 9 aromatic carbocycles. The molecule has 0 aliphatic rings. The minimum absolute atomic E-state index is 1.15. The SMILES string of the molecule is c1ccc(-c2cccc(-c3cccc4c3[nH]c3ccccc34)c2-c2c(-c3ccccc3)ccc3c4ccccc4c4ccccc4c23)cc1. The van der Waals surface area contributed by atoms with Crippen molar-refractivity contribution >= 4 is 54.1 Å². The van der Waals surface area contributed by atoms with E-state index in [0.717, 1.165) is 11.0 Å². The summed E-state index contributed by atoms with van der Waals surface area (Å²) >= 11 is 0. The molecule has 0 amide bonds. The summed E-state index contributed by atoms with van der Waals surface area (Å²) in [5.74, 6) is 0. The number of H-pyrrole nitrogens is 1. The van der Waals surface area contributed by atoms with Crippen LogP contribution in [0.2, 0.25) is 0 Å². The van der Waals surface area contributed by atoms with E-state index in [1.807, 2.05) is 0 Å². The molecular weight excluding hydrogens is 591 g/mol. The molecular formula is C48H31N. The maximum atomic E-state index is 3.82. The minimum Gasteiger partial charge on any atom is -0.354 e. The number of nitrogens with one attached hydrogen (secondary N) is 1. The van der Waals surface area contributed by atoms with E-state index in [9.17, 15) is 0 Å². The average Bonchev–Trinajstić information content (AvgIpc) is 3.57. The first-order chi connectivity index (χ1) is 24.3. The van der Waals surface area contributed by atoms with Gasteiger partial charge in [-0.1, -0.05) is 176 Å². The van der Waals surface area contributed by atoms with Gasteiger partial charge in [0.05, 0.1) is 5.52 Å². The number of benzene rings is 9. The summed E-state index contributed by atoms with van der Waals surface area (Å²) in [5, 5.41) is 10.1. The molecule has 1 nitrogen and oxygen atoms in total. The molecule has 1 heteroatoms. The van der Waals surface area contributed by atoms with Crippen molar-refractivity contribution in [3.05, 3.63) is 182 Å². The lowest BCUT2D eigenvalue weighted by Gasteiger charge is -2.23. The van der Waals surface area contributed by atoms with Crippen molar-refractivity contribution in [2.75, 3.05) is 0 Å². The molecule has 0 unspecified atom stereocenters. The van der Waals surface area contributed by atoms with Gasteiger partial charge in [0.2, 0.25) is 0 Å². The molecule has 10 rings (SSSR count). The fourth-order valence-electron chi connectivity index (χ4n) is 8.12. The second-order valence-electron chi connectivity index (χ2n) is 12.9. The standard InChI is InChI=1S/C48H31N/c1-3-15-31(16-4-1)33-24-13-25-40(43-27-14-26-42-38-22-11-12-28-44(38)49-48(42)43)45(33)47-34(32-17-5-2-6-18-32)29-30-41-37-21-8-7-19-35(37)36-20-9-10-23-39(36)46(41)47/h1-30,49H. The zero-order chi connectivity index (χ0) is 32.3. The monoisotopic (exact) mass is 621 g/mol. The highest BCUT2D eigenvalue weighted by atomic mass is 14.7. The molecule has 0 atom stereocenters. The van der Waals surface area contributed by atoms with Gasteiger partial charge in [0.15, 0.2) is 0 Å². The van der Waals surface area contributed by atoms with E-state index in [1.165, 1.54) is 87.6 Å². The summed E-state index contributed by atoms with van der Waals surface area (Å²) < 4.78 is 0. The molecule has 0 aliphatic carbocycles. The molecule has 1 aromatic heterocycles. The molecule has 0 fully saturated rings. The predicted octanol–water partition coefficient (Wildman–Crippen LogP) is 13.4. The van der Waals surface area contributed by atoms with E-state index in [-0.39, 0.29) is 0 Å². The van der Waals surface area contributed by atoms with Crippen molar-refractivity contribution < 1.29 is 0 Å². The van der Waals surface area contributed by atoms with Gasteiger partial charge in [-0.05, 0) is 77.3 Å². The van der Waals surface area contributed by atoms with Crippen molar-refractivity contribution in [3.63, 3.8) is 0 Å². The normalized spacial score (nSPS) is 11.7. The van der Waals surface area contributed by atoms with Crippen molar-refractivity contribution in [1.82, 2.24) is 4.98 Å². The Morgan fingerprint density at radius 1 is 0.265 bits per heavy atom. The van der Waals surface area contributed by atoms with E-state index < -0.39 is 0 Å². The number of para-hydroxylation sites is 2. The maximum Gasteiger partial charge on any atom is 0.0544 e. The van der Waals surface area contributed by atoms with Crippen LogP contribution in [0.5, 0.6) is 0 Å². The molecule has 0 bridgehead atoms. The summed E-state index contributed by atoms with van der Waals surface area (Å²) in [6, 6.07) is 66.5. The highest BCUT2D eigenvalue weighted by Crippen LogP contribution is 2.51. The van der Waals surface area contributed by atoms with Gasteiger partial charge in [-0.2, -0.15) is 0 Å². The lowest BCUT2D eigenvalue weighted by Crippen LogP contribution is -1.96. The summed E-state index contributed by atoms with van der Waals surface area (Å²) in [6.45, 7) is 0. The van der Waals surface area contributed by atoms with Crippen LogP contribution in [0.25, 0.3) is 98.6 Å². The van der Waals surface area contributed by atoms with Gasteiger partial charge < -0.3 is 4.98 Å². The number of rotatable bonds is 4. The van der Waals surface area contributed by atoms with Crippen molar-refractivity contribution in [2.45, 2.75) is 0 Å². The lowest BCUT2D eigenvalue weighted by atomic mass is 9.80. The third-order valence-electron chi connectivity index (χ3n) is 10.2. The zero-order valence-electron chi connectivity index (χ0n) is 26.8. The van der Waals surface area contributed by atoms with Crippen LogP contribution in [-0.4, -0.2) is 4.98 Å². The van der Waals surface area contributed by atoms with E-state index in [1.54, 1.807) is 0 Å². The molecule has 1 N–H and O–H groups in total. The quantitative estimate of drug-likeness (QED) is 0.188. The largest absolute Gasteiger partial charge is 0.354 e. The van der Waals surface area contributed by atoms with Crippen LogP contribution in [-0.2, 0) is 0 Å². The van der Waals surface area contributed by atoms with Crippen molar-refractivity contribution in [2.24, 2.45) is 0 Å². The van der Waals surface area contributed by atoms with Gasteiger partial charge in [0.25, 0.3) is 0 Å². The van der Waals surface area contributed by atoms with E-state index in [2.05, 4.69) is 187 Å². The molecule has 1 heterocycles. The van der Waals surface area contributed by atoms with Crippen molar-refractivity contribution in [3.8, 4) is 44.5 Å². The molecule has 0 spiro atoms. The van der Waals surface area contributed by atoms with Gasteiger partial charge in [-0.25, -0.2) is 0 Å². The molecule has 228 valence electrons. The molecule has 10 aromatic rings. The van der Waals surface area contributed by atoms with Gasteiger partial charge in [0, 0.05) is 21.9 Å². The Morgan fingerprint density at radius 3 is 1.43 bits per heavy atom. The van der Waals surface area contributed by atoms with Gasteiger partial charge in [-0.15, -0.1) is 0 Å². The number of hydrogen-bond donors (Lipinski definition) is 1. The van der Waals surface area contributed by atoms with Crippen LogP contribution < -0.4 is 0 Å². The Labute approximate surface area is 284 Å². The fourth-order valence-corrected chi connectivity index (χ4v) is 8.12. The lowest BCUT2D eigenvalue weighted by molar-refractivity contribution is 1.53. The number of hydrogen-bond acceptors (Lipinski definition) is 0. The van der Waals surface area contributed by atoms with Crippen LogP contribution in [0.1, 0.15) is 0 Å². The Morgan fingerprint density at radius 2 is 0.735 bits per heavy atom. The first kappa shape index (κ1) is 27.7. The average molecular weight is 622 g/mol. The van der Waals surface area contributed by atoms with Crippen LogP contribution >= 0.6 is 0 Å². The first-order valence-corrected chi connectivity index (χ1v) is 17.0. The minimum atomic E-state index is 1.15. The maximum absolute atomic E-state index is 3.82. The number of fused-ring (bicyclic) bond motifs is 9. The Balaban J connectivity index is 1.45. The molecule has 0 saturated heterocycles. The third-order valence-corrected chi connectivity index (χ3v) is 10.2. The highest BCUT2D eigenvalue weighted by Gasteiger charge is 2.24. The van der Waals surface area contributed by atoms with E-state index >= 15 is 0 Å². The van der Waals surface area contributed by atoms with Crippen LogP contribution in [0.15, 0.2) is 182 Å². The van der Waals surface area contributed by atoms with Gasteiger partial charge in [0.1, 0.15) is 0 Å². The predicted molar refractivity (Wildman–Crippen MR) is 210 cm³/mol. The summed E-state index contributed by atoms with van der Waals surface area (Å²) in [6.07, 6.45) is 0. The molecule has 0 aliphatic heterocycles.